The SMILES string of the molecule is Cc1ccc2ncc(F)c(CC(O)C34CCC(NC(=O)c5ccc(C)c(F)c5)(CC3)CO4)c2n1. The highest BCUT2D eigenvalue weighted by Gasteiger charge is 2.53. The molecule has 6 rings (SSSR count). The zero-order valence-corrected chi connectivity index (χ0v) is 19.2. The van der Waals surface area contributed by atoms with Gasteiger partial charge in [0, 0.05) is 23.2 Å². The zero-order valence-electron chi connectivity index (χ0n) is 19.2. The van der Waals surface area contributed by atoms with Crippen LogP contribution in [0.25, 0.3) is 11.0 Å². The molecule has 0 radical (unpaired) electrons. The molecule has 1 atom stereocenters. The van der Waals surface area contributed by atoms with Gasteiger partial charge in [-0.1, -0.05) is 6.07 Å². The molecule has 8 heteroatoms. The van der Waals surface area contributed by atoms with Gasteiger partial charge in [-0.25, -0.2) is 8.78 Å². The summed E-state index contributed by atoms with van der Waals surface area (Å²) in [4.78, 5) is 21.3. The number of aliphatic hydroxyl groups excluding tert-OH is 1. The molecule has 3 aromatic rings. The predicted molar refractivity (Wildman–Crippen MR) is 122 cm³/mol. The Balaban J connectivity index is 1.31. The number of amides is 1. The first-order chi connectivity index (χ1) is 16.2. The maximum Gasteiger partial charge on any atom is 0.251 e. The number of hydrogen-bond acceptors (Lipinski definition) is 5. The van der Waals surface area contributed by atoms with E-state index in [-0.39, 0.29) is 24.5 Å². The van der Waals surface area contributed by atoms with Crippen molar-refractivity contribution < 1.29 is 23.4 Å². The van der Waals surface area contributed by atoms with Gasteiger partial charge in [-0.2, -0.15) is 0 Å². The number of aromatic nitrogens is 2. The van der Waals surface area contributed by atoms with Crippen LogP contribution in [0, 0.1) is 25.5 Å². The third-order valence-corrected chi connectivity index (χ3v) is 7.41. The predicted octanol–water partition coefficient (Wildman–Crippen LogP) is 3.94. The normalized spacial score (nSPS) is 24.9. The molecular formula is C26H27F2N3O3. The average molecular weight is 468 g/mol. The van der Waals surface area contributed by atoms with Gasteiger partial charge in [0.2, 0.25) is 0 Å². The summed E-state index contributed by atoms with van der Waals surface area (Å²) in [6, 6.07) is 8.04. The Morgan fingerprint density at radius 2 is 1.91 bits per heavy atom. The molecule has 2 N–H and O–H groups in total. The molecule has 2 saturated heterocycles. The van der Waals surface area contributed by atoms with Crippen molar-refractivity contribution in [2.75, 3.05) is 6.61 Å². The Hall–Kier alpha value is -2.97. The molecule has 1 saturated carbocycles. The molecule has 3 fully saturated rings. The van der Waals surface area contributed by atoms with Gasteiger partial charge >= 0.3 is 0 Å². The topological polar surface area (TPSA) is 84.3 Å². The number of benzene rings is 1. The molecule has 2 aliphatic heterocycles. The summed E-state index contributed by atoms with van der Waals surface area (Å²) in [5.41, 5.74) is 1.48. The molecule has 0 spiro atoms. The molecule has 6 nitrogen and oxygen atoms in total. The molecule has 2 aromatic heterocycles. The van der Waals surface area contributed by atoms with E-state index >= 15 is 0 Å². The first kappa shape index (κ1) is 22.8. The lowest BCUT2D eigenvalue weighted by Crippen LogP contribution is -2.66. The lowest BCUT2D eigenvalue weighted by atomic mass is 9.68. The van der Waals surface area contributed by atoms with E-state index in [1.807, 2.05) is 13.0 Å². The van der Waals surface area contributed by atoms with Crippen LogP contribution >= 0.6 is 0 Å². The van der Waals surface area contributed by atoms with Gasteiger partial charge in [0.1, 0.15) is 11.6 Å². The summed E-state index contributed by atoms with van der Waals surface area (Å²) < 4.78 is 34.8. The fourth-order valence-corrected chi connectivity index (χ4v) is 5.13. The van der Waals surface area contributed by atoms with Crippen molar-refractivity contribution in [1.82, 2.24) is 15.3 Å². The Bertz CT molecular complexity index is 1250. The lowest BCUT2D eigenvalue weighted by molar-refractivity contribution is -0.205. The van der Waals surface area contributed by atoms with Crippen molar-refractivity contribution in [2.24, 2.45) is 0 Å². The second-order valence-electron chi connectivity index (χ2n) is 9.68. The van der Waals surface area contributed by atoms with E-state index in [9.17, 15) is 18.7 Å². The minimum absolute atomic E-state index is 0.0588. The summed E-state index contributed by atoms with van der Waals surface area (Å²) in [6.07, 6.45) is 2.55. The Morgan fingerprint density at radius 1 is 1.15 bits per heavy atom. The van der Waals surface area contributed by atoms with Crippen LogP contribution in [0.5, 0.6) is 0 Å². The smallest absolute Gasteiger partial charge is 0.251 e. The van der Waals surface area contributed by atoms with Crippen molar-refractivity contribution in [3.05, 3.63) is 70.5 Å². The van der Waals surface area contributed by atoms with E-state index in [0.29, 0.717) is 47.8 Å². The molecule has 2 bridgehead atoms. The fraction of sp³-hybridized carbons (Fsp3) is 0.423. The summed E-state index contributed by atoms with van der Waals surface area (Å²) in [6.45, 7) is 3.71. The monoisotopic (exact) mass is 467 g/mol. The average Bonchev–Trinajstić information content (AvgIpc) is 2.83. The van der Waals surface area contributed by atoms with Crippen molar-refractivity contribution in [3.63, 3.8) is 0 Å². The molecule has 4 heterocycles. The van der Waals surface area contributed by atoms with Gasteiger partial charge < -0.3 is 15.2 Å². The summed E-state index contributed by atoms with van der Waals surface area (Å²) in [5.74, 6) is -1.26. The minimum atomic E-state index is -0.935. The van der Waals surface area contributed by atoms with Crippen LogP contribution < -0.4 is 5.32 Å². The van der Waals surface area contributed by atoms with E-state index < -0.39 is 28.9 Å². The largest absolute Gasteiger partial charge is 0.390 e. The fourth-order valence-electron chi connectivity index (χ4n) is 5.13. The van der Waals surface area contributed by atoms with Crippen LogP contribution in [0.4, 0.5) is 8.78 Å². The standard InChI is InChI=1S/C26H27F2N3O3/c1-15-3-5-17(11-19(15)27)24(33)31-25-7-9-26(10-8-25,34-14-25)22(32)12-18-20(28)13-29-21-6-4-16(2)30-23(18)21/h3-6,11,13,22,32H,7-10,12,14H2,1-2H3,(H,31,33). The lowest BCUT2D eigenvalue weighted by Gasteiger charge is -2.54. The van der Waals surface area contributed by atoms with Gasteiger partial charge in [0.25, 0.3) is 5.91 Å². The van der Waals surface area contributed by atoms with E-state index in [1.165, 1.54) is 6.07 Å². The molecule has 178 valence electrons. The van der Waals surface area contributed by atoms with Gasteiger partial charge in [-0.15, -0.1) is 0 Å². The summed E-state index contributed by atoms with van der Waals surface area (Å²) in [5, 5.41) is 14.2. The highest BCUT2D eigenvalue weighted by atomic mass is 19.1. The maximum atomic E-state index is 14.7. The van der Waals surface area contributed by atoms with Gasteiger partial charge in [-0.05, 0) is 69.4 Å². The van der Waals surface area contributed by atoms with E-state index in [0.717, 1.165) is 11.9 Å². The molecule has 1 unspecified atom stereocenters. The second-order valence-corrected chi connectivity index (χ2v) is 9.68. The number of ether oxygens (including phenoxy) is 1. The number of aryl methyl sites for hydroxylation is 2. The van der Waals surface area contributed by atoms with Gasteiger partial charge in [0.05, 0.1) is 41.1 Å². The third-order valence-electron chi connectivity index (χ3n) is 7.41. The van der Waals surface area contributed by atoms with Crippen LogP contribution in [-0.2, 0) is 11.2 Å². The number of hydrogen-bond donors (Lipinski definition) is 2. The first-order valence-electron chi connectivity index (χ1n) is 11.5. The number of nitrogens with zero attached hydrogens (tertiary/aromatic N) is 2. The highest BCUT2D eigenvalue weighted by molar-refractivity contribution is 5.94. The van der Waals surface area contributed by atoms with Crippen molar-refractivity contribution in [2.45, 2.75) is 63.2 Å². The number of carbonyl (C=O) groups excluding carboxylic acids is 1. The molecular weight excluding hydrogens is 440 g/mol. The number of halogens is 2. The van der Waals surface area contributed by atoms with Crippen LogP contribution in [0.15, 0.2) is 36.5 Å². The number of pyridine rings is 2. The highest BCUT2D eigenvalue weighted by Crippen LogP contribution is 2.46. The van der Waals surface area contributed by atoms with Crippen LogP contribution in [0.1, 0.15) is 52.9 Å². The maximum absolute atomic E-state index is 14.7. The Kier molecular flexibility index (Phi) is 5.61. The quantitative estimate of drug-likeness (QED) is 0.594. The van der Waals surface area contributed by atoms with Crippen molar-refractivity contribution >= 4 is 16.9 Å². The molecule has 3 aliphatic rings. The number of fused-ring (bicyclic) bond motifs is 4. The molecule has 34 heavy (non-hydrogen) atoms. The molecule has 1 aromatic carbocycles. The summed E-state index contributed by atoms with van der Waals surface area (Å²) in [7, 11) is 0. The summed E-state index contributed by atoms with van der Waals surface area (Å²) >= 11 is 0. The number of rotatable bonds is 5. The second kappa shape index (κ2) is 8.36. The van der Waals surface area contributed by atoms with Gasteiger partial charge in [-0.3, -0.25) is 14.8 Å². The van der Waals surface area contributed by atoms with Crippen LogP contribution in [0.2, 0.25) is 0 Å². The third kappa shape index (κ3) is 3.95. The Morgan fingerprint density at radius 3 is 2.59 bits per heavy atom. The Labute approximate surface area is 196 Å². The van der Waals surface area contributed by atoms with Crippen LogP contribution in [0.3, 0.4) is 0 Å². The van der Waals surface area contributed by atoms with Gasteiger partial charge in [0.15, 0.2) is 0 Å². The minimum Gasteiger partial charge on any atom is -0.390 e. The zero-order chi connectivity index (χ0) is 24.1. The number of carbonyl (C=O) groups is 1. The van der Waals surface area contributed by atoms with E-state index in [2.05, 4.69) is 15.3 Å². The van der Waals surface area contributed by atoms with Crippen molar-refractivity contribution in [1.29, 1.82) is 0 Å². The number of aliphatic hydroxyl groups is 1. The molecule has 1 aliphatic carbocycles. The van der Waals surface area contributed by atoms with E-state index in [4.69, 9.17) is 4.74 Å². The van der Waals surface area contributed by atoms with Crippen molar-refractivity contribution in [3.8, 4) is 0 Å². The molecule has 1 amide bonds. The van der Waals surface area contributed by atoms with Crippen LogP contribution in [-0.4, -0.2) is 44.8 Å². The van der Waals surface area contributed by atoms with E-state index in [1.54, 1.807) is 25.1 Å². The number of nitrogens with one attached hydrogen (secondary N) is 1. The first-order valence-corrected chi connectivity index (χ1v) is 11.5.